The quantitative estimate of drug-likeness (QED) is 0.354. The number of morpholine rings is 1. The fourth-order valence-electron chi connectivity index (χ4n) is 4.59. The highest BCUT2D eigenvalue weighted by molar-refractivity contribution is 5.68. The maximum absolute atomic E-state index is 6.05. The molecule has 0 amide bonds. The average Bonchev–Trinajstić information content (AvgIpc) is 3.41. The van der Waals surface area contributed by atoms with Crippen LogP contribution in [0.5, 0.6) is 5.75 Å². The smallest absolute Gasteiger partial charge is 0.226 e. The van der Waals surface area contributed by atoms with Crippen molar-refractivity contribution in [2.45, 2.75) is 13.1 Å². The summed E-state index contributed by atoms with van der Waals surface area (Å²) in [5.74, 6) is 2.13. The van der Waals surface area contributed by atoms with Crippen LogP contribution in [0.15, 0.2) is 67.3 Å². The summed E-state index contributed by atoms with van der Waals surface area (Å²) < 4.78 is 11.5. The zero-order chi connectivity index (χ0) is 25.6. The molecule has 192 valence electrons. The summed E-state index contributed by atoms with van der Waals surface area (Å²) in [4.78, 5) is 27.1. The van der Waals surface area contributed by atoms with E-state index < -0.39 is 0 Å². The second-order valence-corrected chi connectivity index (χ2v) is 9.25. The van der Waals surface area contributed by atoms with E-state index >= 15 is 0 Å². The van der Waals surface area contributed by atoms with Crippen LogP contribution < -0.4 is 9.64 Å². The standard InChI is InChI=1S/C29H29N7O2/c1(22-5-9-30-10-6-22)3-25-7-11-31-28(33-25)27-8-12-32-29(34-27)36-20-23-2-4-26(19-24(23)21-36)38-18-15-35-13-16-37-17-14-35/h1-12,19H,13-18,20-21H2/b3-1+. The third kappa shape index (κ3) is 5.85. The Hall–Kier alpha value is -4.21. The van der Waals surface area contributed by atoms with Gasteiger partial charge in [0.15, 0.2) is 5.82 Å². The molecule has 1 aromatic carbocycles. The molecule has 3 aromatic heterocycles. The van der Waals surface area contributed by atoms with Crippen LogP contribution in [0.2, 0.25) is 0 Å². The van der Waals surface area contributed by atoms with Crippen LogP contribution in [0, 0.1) is 0 Å². The fourth-order valence-corrected chi connectivity index (χ4v) is 4.59. The molecule has 0 aliphatic carbocycles. The first-order chi connectivity index (χ1) is 18.8. The monoisotopic (exact) mass is 507 g/mol. The maximum atomic E-state index is 6.05. The highest BCUT2D eigenvalue weighted by Crippen LogP contribution is 2.29. The topological polar surface area (TPSA) is 89.4 Å². The van der Waals surface area contributed by atoms with Gasteiger partial charge in [-0.05, 0) is 59.2 Å². The SMILES string of the molecule is C(=C\c1ccnc(-c2ccnc(N3Cc4ccc(OCCN5CCOCC5)cc4C3)n2)n1)/c1ccncc1. The first-order valence-corrected chi connectivity index (χ1v) is 12.8. The van der Waals surface area contributed by atoms with Gasteiger partial charge in [0.1, 0.15) is 18.1 Å². The largest absolute Gasteiger partial charge is 0.492 e. The van der Waals surface area contributed by atoms with Gasteiger partial charge in [-0.1, -0.05) is 12.1 Å². The minimum Gasteiger partial charge on any atom is -0.492 e. The number of aromatic nitrogens is 5. The molecule has 0 N–H and O–H groups in total. The van der Waals surface area contributed by atoms with Crippen molar-refractivity contribution in [3.05, 3.63) is 89.6 Å². The lowest BCUT2D eigenvalue weighted by Crippen LogP contribution is -2.38. The van der Waals surface area contributed by atoms with Gasteiger partial charge in [0.25, 0.3) is 0 Å². The Labute approximate surface area is 221 Å². The van der Waals surface area contributed by atoms with E-state index in [1.54, 1.807) is 24.8 Å². The summed E-state index contributed by atoms with van der Waals surface area (Å²) in [5, 5.41) is 0. The lowest BCUT2D eigenvalue weighted by Gasteiger charge is -2.26. The molecule has 1 saturated heterocycles. The number of hydrogen-bond acceptors (Lipinski definition) is 9. The van der Waals surface area contributed by atoms with Gasteiger partial charge in [0.05, 0.1) is 18.9 Å². The van der Waals surface area contributed by atoms with E-state index in [0.717, 1.165) is 62.9 Å². The van der Waals surface area contributed by atoms with Crippen molar-refractivity contribution in [2.75, 3.05) is 44.4 Å². The number of nitrogens with zero attached hydrogens (tertiary/aromatic N) is 7. The lowest BCUT2D eigenvalue weighted by atomic mass is 10.1. The predicted octanol–water partition coefficient (Wildman–Crippen LogP) is 3.73. The molecule has 0 atom stereocenters. The van der Waals surface area contributed by atoms with Crippen LogP contribution >= 0.6 is 0 Å². The van der Waals surface area contributed by atoms with Gasteiger partial charge in [-0.25, -0.2) is 19.9 Å². The summed E-state index contributed by atoms with van der Waals surface area (Å²) in [5.41, 5.74) is 5.06. The molecule has 5 heterocycles. The van der Waals surface area contributed by atoms with Crippen molar-refractivity contribution in [3.63, 3.8) is 0 Å². The Morgan fingerprint density at radius 2 is 1.68 bits per heavy atom. The first kappa shape index (κ1) is 24.1. The molecule has 0 saturated carbocycles. The molecule has 4 aromatic rings. The summed E-state index contributed by atoms with van der Waals surface area (Å²) in [7, 11) is 0. The van der Waals surface area contributed by atoms with E-state index in [1.165, 1.54) is 11.1 Å². The van der Waals surface area contributed by atoms with Gasteiger partial charge in [-0.3, -0.25) is 9.88 Å². The number of hydrogen-bond donors (Lipinski definition) is 0. The van der Waals surface area contributed by atoms with Gasteiger partial charge in [-0.2, -0.15) is 0 Å². The molecular formula is C29H29N7O2. The zero-order valence-electron chi connectivity index (χ0n) is 21.1. The molecule has 0 bridgehead atoms. The molecular weight excluding hydrogens is 478 g/mol. The Balaban J connectivity index is 1.11. The first-order valence-electron chi connectivity index (χ1n) is 12.8. The number of benzene rings is 1. The van der Waals surface area contributed by atoms with Crippen LogP contribution in [-0.4, -0.2) is 69.3 Å². The number of ether oxygens (including phenoxy) is 2. The van der Waals surface area contributed by atoms with E-state index in [-0.39, 0.29) is 0 Å². The summed E-state index contributed by atoms with van der Waals surface area (Å²) >= 11 is 0. The molecule has 9 nitrogen and oxygen atoms in total. The molecule has 6 rings (SSSR count). The van der Waals surface area contributed by atoms with Gasteiger partial charge in [0, 0.05) is 57.5 Å². The van der Waals surface area contributed by atoms with Crippen LogP contribution in [0.3, 0.4) is 0 Å². The van der Waals surface area contributed by atoms with E-state index in [0.29, 0.717) is 24.1 Å². The lowest BCUT2D eigenvalue weighted by molar-refractivity contribution is 0.0322. The highest BCUT2D eigenvalue weighted by atomic mass is 16.5. The fraction of sp³-hybridized carbons (Fsp3) is 0.276. The van der Waals surface area contributed by atoms with E-state index in [4.69, 9.17) is 14.5 Å². The Morgan fingerprint density at radius 1 is 0.842 bits per heavy atom. The summed E-state index contributed by atoms with van der Waals surface area (Å²) in [6, 6.07) is 14.0. The molecule has 0 spiro atoms. The molecule has 9 heteroatoms. The van der Waals surface area contributed by atoms with Crippen molar-refractivity contribution < 1.29 is 9.47 Å². The highest BCUT2D eigenvalue weighted by Gasteiger charge is 2.22. The van der Waals surface area contributed by atoms with Crippen molar-refractivity contribution in [1.82, 2.24) is 29.8 Å². The minimum absolute atomic E-state index is 0.568. The van der Waals surface area contributed by atoms with Crippen molar-refractivity contribution >= 4 is 18.1 Å². The number of fused-ring (bicyclic) bond motifs is 1. The molecule has 0 radical (unpaired) electrons. The van der Waals surface area contributed by atoms with E-state index in [9.17, 15) is 0 Å². The zero-order valence-corrected chi connectivity index (χ0v) is 21.1. The second-order valence-electron chi connectivity index (χ2n) is 9.25. The Bertz CT molecular complexity index is 1410. The number of anilines is 1. The average molecular weight is 508 g/mol. The third-order valence-corrected chi connectivity index (χ3v) is 6.66. The van der Waals surface area contributed by atoms with Gasteiger partial charge in [0.2, 0.25) is 5.95 Å². The number of rotatable bonds is 8. The van der Waals surface area contributed by atoms with Crippen LogP contribution in [0.25, 0.3) is 23.7 Å². The van der Waals surface area contributed by atoms with Crippen molar-refractivity contribution in [3.8, 4) is 17.3 Å². The minimum atomic E-state index is 0.568. The summed E-state index contributed by atoms with van der Waals surface area (Å²) in [6.07, 6.45) is 11.0. The molecule has 2 aliphatic heterocycles. The molecule has 1 fully saturated rings. The predicted molar refractivity (Wildman–Crippen MR) is 145 cm³/mol. The Morgan fingerprint density at radius 3 is 2.58 bits per heavy atom. The molecule has 2 aliphatic rings. The normalized spacial score (nSPS) is 15.6. The van der Waals surface area contributed by atoms with E-state index in [2.05, 4.69) is 47.9 Å². The van der Waals surface area contributed by atoms with Crippen LogP contribution in [-0.2, 0) is 17.8 Å². The van der Waals surface area contributed by atoms with Gasteiger partial charge >= 0.3 is 0 Å². The van der Waals surface area contributed by atoms with Gasteiger partial charge < -0.3 is 14.4 Å². The van der Waals surface area contributed by atoms with Crippen molar-refractivity contribution in [1.29, 1.82) is 0 Å². The second kappa shape index (κ2) is 11.5. The maximum Gasteiger partial charge on any atom is 0.226 e. The number of pyridine rings is 1. The third-order valence-electron chi connectivity index (χ3n) is 6.66. The van der Waals surface area contributed by atoms with Crippen LogP contribution in [0.1, 0.15) is 22.4 Å². The van der Waals surface area contributed by atoms with E-state index in [1.807, 2.05) is 36.4 Å². The molecule has 38 heavy (non-hydrogen) atoms. The van der Waals surface area contributed by atoms with Gasteiger partial charge in [-0.15, -0.1) is 0 Å². The van der Waals surface area contributed by atoms with Crippen LogP contribution in [0.4, 0.5) is 5.95 Å². The molecule has 0 unspecified atom stereocenters. The summed E-state index contributed by atoms with van der Waals surface area (Å²) in [6.45, 7) is 6.62. The Kier molecular flexibility index (Phi) is 7.28. The van der Waals surface area contributed by atoms with Crippen molar-refractivity contribution in [2.24, 2.45) is 0 Å².